The van der Waals surface area contributed by atoms with Gasteiger partial charge in [-0.2, -0.15) is 4.52 Å². The predicted molar refractivity (Wildman–Crippen MR) is 109 cm³/mol. The molecule has 0 saturated carbocycles. The molecule has 1 unspecified atom stereocenters. The van der Waals surface area contributed by atoms with Crippen LogP contribution >= 0.6 is 10.7 Å². The van der Waals surface area contributed by atoms with Crippen molar-refractivity contribution in [1.82, 2.24) is 24.8 Å². The third-order valence-corrected chi connectivity index (χ3v) is 5.87. The summed E-state index contributed by atoms with van der Waals surface area (Å²) in [6.45, 7) is 6.24. The Morgan fingerprint density at radius 2 is 2.03 bits per heavy atom. The predicted octanol–water partition coefficient (Wildman–Crippen LogP) is 3.10. The van der Waals surface area contributed by atoms with Crippen LogP contribution < -0.4 is 10.3 Å². The van der Waals surface area contributed by atoms with Crippen LogP contribution in [0.1, 0.15) is 51.8 Å². The maximum atomic E-state index is 12.6. The van der Waals surface area contributed by atoms with E-state index in [9.17, 15) is 13.2 Å². The normalized spacial score (nSPS) is 13.0. The summed E-state index contributed by atoms with van der Waals surface area (Å²) in [4.78, 5) is 15.1. The molecule has 2 aromatic heterocycles. The van der Waals surface area contributed by atoms with Crippen LogP contribution in [0, 0.1) is 0 Å². The summed E-state index contributed by atoms with van der Waals surface area (Å²) in [7, 11) is 1.51. The lowest BCUT2D eigenvalue weighted by Crippen LogP contribution is -2.16. The van der Waals surface area contributed by atoms with Gasteiger partial charge < -0.3 is 9.72 Å². The number of ether oxygens (including phenoxy) is 1. The van der Waals surface area contributed by atoms with Crippen molar-refractivity contribution < 1.29 is 13.2 Å². The number of fused-ring (bicyclic) bond motifs is 1. The van der Waals surface area contributed by atoms with Gasteiger partial charge >= 0.3 is 0 Å². The summed E-state index contributed by atoms with van der Waals surface area (Å²) in [5, 5.41) is 12.6. The molecule has 2 heterocycles. The number of rotatable bonds is 8. The van der Waals surface area contributed by atoms with Gasteiger partial charge in [-0.25, -0.2) is 8.42 Å². The minimum absolute atomic E-state index is 0.0491. The Kier molecular flexibility index (Phi) is 6.23. The highest BCUT2D eigenvalue weighted by molar-refractivity contribution is 8.13. The van der Waals surface area contributed by atoms with Crippen LogP contribution in [0.5, 0.6) is 5.75 Å². The van der Waals surface area contributed by atoms with Crippen molar-refractivity contribution >= 4 is 25.4 Å². The largest absolute Gasteiger partial charge is 0.493 e. The van der Waals surface area contributed by atoms with E-state index in [1.54, 1.807) is 6.92 Å². The SMILES string of the molecule is CCCCC(C)c1nnc2c(=O)[nH]c(-c3cc(S(=O)(=O)Cl)ccc3OCC)nn12. The van der Waals surface area contributed by atoms with E-state index >= 15 is 0 Å². The number of halogens is 1. The first kappa shape index (κ1) is 21.3. The van der Waals surface area contributed by atoms with Gasteiger partial charge in [-0.3, -0.25) is 4.79 Å². The van der Waals surface area contributed by atoms with Crippen LogP contribution in [-0.2, 0) is 9.05 Å². The van der Waals surface area contributed by atoms with Crippen LogP contribution in [0.3, 0.4) is 0 Å². The van der Waals surface area contributed by atoms with Gasteiger partial charge in [0, 0.05) is 16.6 Å². The molecule has 0 spiro atoms. The van der Waals surface area contributed by atoms with Crippen LogP contribution in [-0.4, -0.2) is 39.8 Å². The fourth-order valence-corrected chi connectivity index (χ4v) is 3.79. The molecule has 0 saturated heterocycles. The van der Waals surface area contributed by atoms with Crippen LogP contribution in [0.4, 0.5) is 0 Å². The van der Waals surface area contributed by atoms with Gasteiger partial charge in [0.2, 0.25) is 5.65 Å². The minimum Gasteiger partial charge on any atom is -0.493 e. The Balaban J connectivity index is 2.20. The van der Waals surface area contributed by atoms with Crippen LogP contribution in [0.2, 0.25) is 0 Å². The summed E-state index contributed by atoms with van der Waals surface area (Å²) in [5.74, 6) is 1.12. The summed E-state index contributed by atoms with van der Waals surface area (Å²) in [6.07, 6.45) is 2.93. The number of H-pyrrole nitrogens is 1. The molecular formula is C18H22ClN5O4S. The van der Waals surface area contributed by atoms with Crippen molar-refractivity contribution in [3.63, 3.8) is 0 Å². The quantitative estimate of drug-likeness (QED) is 0.535. The average Bonchev–Trinajstić information content (AvgIpc) is 3.10. The van der Waals surface area contributed by atoms with Crippen molar-refractivity contribution in [2.75, 3.05) is 6.61 Å². The Labute approximate surface area is 172 Å². The van der Waals surface area contributed by atoms with Gasteiger partial charge in [0.1, 0.15) is 5.75 Å². The Morgan fingerprint density at radius 3 is 2.69 bits per heavy atom. The minimum atomic E-state index is -3.97. The van der Waals surface area contributed by atoms with Gasteiger partial charge in [-0.1, -0.05) is 26.7 Å². The summed E-state index contributed by atoms with van der Waals surface area (Å²) in [6, 6.07) is 4.14. The molecule has 0 amide bonds. The number of aromatic nitrogens is 5. The molecule has 1 N–H and O–H groups in total. The highest BCUT2D eigenvalue weighted by Gasteiger charge is 2.21. The second-order valence-electron chi connectivity index (χ2n) is 6.67. The van der Waals surface area contributed by atoms with E-state index in [0.717, 1.165) is 19.3 Å². The van der Waals surface area contributed by atoms with Crippen molar-refractivity contribution in [2.45, 2.75) is 50.8 Å². The second-order valence-corrected chi connectivity index (χ2v) is 9.23. The smallest absolute Gasteiger partial charge is 0.296 e. The van der Waals surface area contributed by atoms with Gasteiger partial charge in [-0.05, 0) is 31.5 Å². The number of benzene rings is 1. The molecule has 0 aliphatic carbocycles. The van der Waals surface area contributed by atoms with E-state index in [2.05, 4.69) is 27.2 Å². The standard InChI is InChI=1S/C18H22ClN5O4S/c1-4-6-7-11(3)16-21-22-17-18(25)20-15(23-24(16)17)13-10-12(29(19,26)27)8-9-14(13)28-5-2/h8-11H,4-7H2,1-3H3,(H,20,23,25). The molecule has 0 fully saturated rings. The second kappa shape index (κ2) is 8.50. The molecular weight excluding hydrogens is 418 g/mol. The van der Waals surface area contributed by atoms with E-state index in [4.69, 9.17) is 15.4 Å². The maximum Gasteiger partial charge on any atom is 0.296 e. The lowest BCUT2D eigenvalue weighted by atomic mass is 10.0. The molecule has 11 heteroatoms. The zero-order valence-corrected chi connectivity index (χ0v) is 17.9. The molecule has 29 heavy (non-hydrogen) atoms. The van der Waals surface area contributed by atoms with Crippen molar-refractivity contribution in [3.8, 4) is 17.1 Å². The number of unbranched alkanes of at least 4 members (excludes halogenated alkanes) is 1. The third kappa shape index (κ3) is 4.43. The molecule has 1 atom stereocenters. The zero-order chi connectivity index (χ0) is 21.2. The first-order valence-electron chi connectivity index (χ1n) is 9.33. The van der Waals surface area contributed by atoms with Crippen LogP contribution in [0.15, 0.2) is 27.9 Å². The van der Waals surface area contributed by atoms with Crippen LogP contribution in [0.25, 0.3) is 17.0 Å². The highest BCUT2D eigenvalue weighted by atomic mass is 35.7. The molecule has 1 aromatic carbocycles. The molecule has 156 valence electrons. The lowest BCUT2D eigenvalue weighted by molar-refractivity contribution is 0.341. The fourth-order valence-electron chi connectivity index (χ4n) is 3.02. The Morgan fingerprint density at radius 1 is 1.28 bits per heavy atom. The maximum absolute atomic E-state index is 12.6. The number of nitrogens with zero attached hydrogens (tertiary/aromatic N) is 4. The van der Waals surface area contributed by atoms with Crippen molar-refractivity contribution in [1.29, 1.82) is 0 Å². The molecule has 3 rings (SSSR count). The fraction of sp³-hybridized carbons (Fsp3) is 0.444. The molecule has 0 aliphatic rings. The molecule has 9 nitrogen and oxygen atoms in total. The van der Waals surface area contributed by atoms with Gasteiger partial charge in [0.15, 0.2) is 11.6 Å². The summed E-state index contributed by atoms with van der Waals surface area (Å²) >= 11 is 0. The molecule has 0 bridgehead atoms. The lowest BCUT2D eigenvalue weighted by Gasteiger charge is -2.12. The van der Waals surface area contributed by atoms with E-state index in [-0.39, 0.29) is 22.3 Å². The zero-order valence-electron chi connectivity index (χ0n) is 16.3. The average molecular weight is 440 g/mol. The van der Waals surface area contributed by atoms with Crippen molar-refractivity contribution in [3.05, 3.63) is 34.4 Å². The first-order chi connectivity index (χ1) is 13.8. The van der Waals surface area contributed by atoms with Gasteiger partial charge in [0.25, 0.3) is 14.6 Å². The molecule has 0 aliphatic heterocycles. The summed E-state index contributed by atoms with van der Waals surface area (Å²) < 4.78 is 30.5. The first-order valence-corrected chi connectivity index (χ1v) is 11.6. The van der Waals surface area contributed by atoms with E-state index in [1.807, 2.05) is 6.92 Å². The molecule has 0 radical (unpaired) electrons. The highest BCUT2D eigenvalue weighted by Crippen LogP contribution is 2.31. The Bertz CT molecular complexity index is 1190. The third-order valence-electron chi connectivity index (χ3n) is 4.52. The monoisotopic (exact) mass is 439 g/mol. The van der Waals surface area contributed by atoms with E-state index in [1.165, 1.54) is 22.7 Å². The van der Waals surface area contributed by atoms with Gasteiger partial charge in [-0.15, -0.1) is 15.3 Å². The Hall–Kier alpha value is -2.46. The number of hydrogen-bond acceptors (Lipinski definition) is 7. The van der Waals surface area contributed by atoms with E-state index < -0.39 is 14.6 Å². The topological polar surface area (TPSA) is 119 Å². The number of hydrogen-bond donors (Lipinski definition) is 1. The number of aromatic amines is 1. The van der Waals surface area contributed by atoms with Crippen molar-refractivity contribution in [2.24, 2.45) is 0 Å². The molecule has 3 aromatic rings. The van der Waals surface area contributed by atoms with Gasteiger partial charge in [0.05, 0.1) is 17.1 Å². The summed E-state index contributed by atoms with van der Waals surface area (Å²) in [5.41, 5.74) is -0.113. The van der Waals surface area contributed by atoms with E-state index in [0.29, 0.717) is 23.7 Å². The number of nitrogens with one attached hydrogen (secondary N) is 1.